The Morgan fingerprint density at radius 3 is 2.76 bits per heavy atom. The maximum atomic E-state index is 11.7. The summed E-state index contributed by atoms with van der Waals surface area (Å²) in [6, 6.07) is 0.700. The topological polar surface area (TPSA) is 43.8 Å². The molecule has 0 amide bonds. The van der Waals surface area contributed by atoms with Crippen LogP contribution in [0.2, 0.25) is 0 Å². The summed E-state index contributed by atoms with van der Waals surface area (Å²) in [5.41, 5.74) is -0.481. The molecule has 2 atom stereocenters. The molecule has 0 spiro atoms. The van der Waals surface area contributed by atoms with Crippen LogP contribution in [0.3, 0.4) is 0 Å². The van der Waals surface area contributed by atoms with Gasteiger partial charge in [-0.3, -0.25) is 4.79 Å². The van der Waals surface area contributed by atoms with Crippen LogP contribution in [-0.4, -0.2) is 60.1 Å². The molecule has 1 N–H and O–H groups in total. The van der Waals surface area contributed by atoms with E-state index in [4.69, 9.17) is 0 Å². The van der Waals surface area contributed by atoms with E-state index in [2.05, 4.69) is 23.8 Å². The van der Waals surface area contributed by atoms with Gasteiger partial charge in [0.1, 0.15) is 0 Å². The quantitative estimate of drug-likeness (QED) is 0.818. The van der Waals surface area contributed by atoms with Gasteiger partial charge in [-0.25, -0.2) is 0 Å². The first-order valence-electron chi connectivity index (χ1n) is 8.73. The van der Waals surface area contributed by atoms with Gasteiger partial charge >= 0.3 is 5.97 Å². The van der Waals surface area contributed by atoms with Crippen molar-refractivity contribution in [3.8, 4) is 0 Å². The van der Waals surface area contributed by atoms with Gasteiger partial charge in [0, 0.05) is 12.6 Å². The lowest BCUT2D eigenvalue weighted by molar-refractivity contribution is -0.153. The molecule has 0 aliphatic carbocycles. The van der Waals surface area contributed by atoms with Crippen molar-refractivity contribution in [1.82, 2.24) is 9.80 Å². The van der Waals surface area contributed by atoms with Crippen molar-refractivity contribution >= 4 is 5.97 Å². The van der Waals surface area contributed by atoms with Crippen LogP contribution in [0.4, 0.5) is 0 Å². The van der Waals surface area contributed by atoms with E-state index in [0.717, 1.165) is 45.3 Å². The minimum absolute atomic E-state index is 0.481. The Morgan fingerprint density at radius 2 is 2.10 bits per heavy atom. The SMILES string of the molecule is CCCC1(C(=O)O)CCCN(CCC2CCCCN2C)C1. The van der Waals surface area contributed by atoms with Crippen molar-refractivity contribution in [2.75, 3.05) is 33.2 Å². The first kappa shape index (κ1) is 16.8. The van der Waals surface area contributed by atoms with Crippen molar-refractivity contribution in [3.05, 3.63) is 0 Å². The second kappa shape index (κ2) is 7.59. The fourth-order valence-electron chi connectivity index (χ4n) is 4.22. The Bertz CT molecular complexity index is 344. The molecule has 2 unspecified atom stereocenters. The highest BCUT2D eigenvalue weighted by Gasteiger charge is 2.41. The summed E-state index contributed by atoms with van der Waals surface area (Å²) in [5.74, 6) is -0.580. The van der Waals surface area contributed by atoms with E-state index in [1.807, 2.05) is 0 Å². The van der Waals surface area contributed by atoms with Crippen LogP contribution in [0.1, 0.15) is 58.3 Å². The summed E-state index contributed by atoms with van der Waals surface area (Å²) in [5, 5.41) is 9.66. The van der Waals surface area contributed by atoms with Crippen molar-refractivity contribution in [1.29, 1.82) is 0 Å². The van der Waals surface area contributed by atoms with Crippen molar-refractivity contribution in [2.24, 2.45) is 5.41 Å². The first-order chi connectivity index (χ1) is 10.1. The third-order valence-electron chi connectivity index (χ3n) is 5.54. The van der Waals surface area contributed by atoms with E-state index in [-0.39, 0.29) is 0 Å². The zero-order valence-corrected chi connectivity index (χ0v) is 13.8. The van der Waals surface area contributed by atoms with E-state index < -0.39 is 11.4 Å². The number of carbonyl (C=O) groups is 1. The summed E-state index contributed by atoms with van der Waals surface area (Å²) in [6.07, 6.45) is 8.86. The highest BCUT2D eigenvalue weighted by atomic mass is 16.4. The average Bonchev–Trinajstić information content (AvgIpc) is 2.47. The monoisotopic (exact) mass is 296 g/mol. The molecule has 21 heavy (non-hydrogen) atoms. The van der Waals surface area contributed by atoms with Crippen LogP contribution in [0, 0.1) is 5.41 Å². The lowest BCUT2D eigenvalue weighted by Gasteiger charge is -2.41. The Labute approximate surface area is 129 Å². The molecule has 4 nitrogen and oxygen atoms in total. The number of hydrogen-bond donors (Lipinski definition) is 1. The molecule has 2 saturated heterocycles. The molecule has 2 aliphatic rings. The van der Waals surface area contributed by atoms with Gasteiger partial charge in [-0.1, -0.05) is 19.8 Å². The maximum Gasteiger partial charge on any atom is 0.310 e. The van der Waals surface area contributed by atoms with Crippen molar-refractivity contribution in [2.45, 2.75) is 64.3 Å². The number of carboxylic acid groups (broad SMARTS) is 1. The molecule has 0 aromatic rings. The van der Waals surface area contributed by atoms with Gasteiger partial charge in [-0.05, 0) is 65.2 Å². The van der Waals surface area contributed by atoms with E-state index in [0.29, 0.717) is 6.04 Å². The second-order valence-electron chi connectivity index (χ2n) is 7.13. The smallest absolute Gasteiger partial charge is 0.310 e. The number of nitrogens with zero attached hydrogens (tertiary/aromatic N) is 2. The number of carboxylic acids is 1. The molecule has 0 aromatic heterocycles. The zero-order chi connectivity index (χ0) is 15.3. The number of piperidine rings is 2. The predicted octanol–water partition coefficient (Wildman–Crippen LogP) is 2.83. The Balaban J connectivity index is 1.87. The molecule has 0 radical (unpaired) electrons. The van der Waals surface area contributed by atoms with Crippen LogP contribution in [0.15, 0.2) is 0 Å². The maximum absolute atomic E-state index is 11.7. The molecular weight excluding hydrogens is 264 g/mol. The molecule has 2 rings (SSSR count). The van der Waals surface area contributed by atoms with Gasteiger partial charge in [-0.2, -0.15) is 0 Å². The number of aliphatic carboxylic acids is 1. The van der Waals surface area contributed by atoms with Gasteiger partial charge in [0.2, 0.25) is 0 Å². The van der Waals surface area contributed by atoms with Crippen LogP contribution in [-0.2, 0) is 4.79 Å². The van der Waals surface area contributed by atoms with Gasteiger partial charge in [-0.15, -0.1) is 0 Å². The highest BCUT2D eigenvalue weighted by molar-refractivity contribution is 5.75. The largest absolute Gasteiger partial charge is 0.481 e. The molecule has 122 valence electrons. The first-order valence-corrected chi connectivity index (χ1v) is 8.73. The van der Waals surface area contributed by atoms with Gasteiger partial charge in [0.25, 0.3) is 0 Å². The average molecular weight is 296 g/mol. The second-order valence-corrected chi connectivity index (χ2v) is 7.13. The standard InChI is InChI=1S/C17H32N2O2/c1-3-9-17(16(20)21)10-6-12-19(14-17)13-8-15-7-4-5-11-18(15)2/h15H,3-14H2,1-2H3,(H,20,21). The van der Waals surface area contributed by atoms with E-state index >= 15 is 0 Å². The third-order valence-corrected chi connectivity index (χ3v) is 5.54. The highest BCUT2D eigenvalue weighted by Crippen LogP contribution is 2.35. The number of hydrogen-bond acceptors (Lipinski definition) is 3. The fourth-order valence-corrected chi connectivity index (χ4v) is 4.22. The minimum Gasteiger partial charge on any atom is -0.481 e. The van der Waals surface area contributed by atoms with Crippen LogP contribution in [0.25, 0.3) is 0 Å². The molecule has 0 saturated carbocycles. The van der Waals surface area contributed by atoms with Crippen LogP contribution >= 0.6 is 0 Å². The number of likely N-dealkylation sites (tertiary alicyclic amines) is 2. The van der Waals surface area contributed by atoms with Gasteiger partial charge in [0.15, 0.2) is 0 Å². The molecule has 2 fully saturated rings. The van der Waals surface area contributed by atoms with E-state index in [1.165, 1.54) is 32.2 Å². The molecule has 0 aromatic carbocycles. The van der Waals surface area contributed by atoms with Crippen LogP contribution in [0.5, 0.6) is 0 Å². The molecule has 2 heterocycles. The fraction of sp³-hybridized carbons (Fsp3) is 0.941. The summed E-state index contributed by atoms with van der Waals surface area (Å²) in [4.78, 5) is 16.6. The van der Waals surface area contributed by atoms with Crippen LogP contribution < -0.4 is 0 Å². The number of rotatable bonds is 6. The Kier molecular flexibility index (Phi) is 6.06. The Hall–Kier alpha value is -0.610. The summed E-state index contributed by atoms with van der Waals surface area (Å²) >= 11 is 0. The van der Waals surface area contributed by atoms with Crippen molar-refractivity contribution in [3.63, 3.8) is 0 Å². The lowest BCUT2D eigenvalue weighted by Crippen LogP contribution is -2.49. The summed E-state index contributed by atoms with van der Waals surface area (Å²) in [6.45, 7) is 6.22. The lowest BCUT2D eigenvalue weighted by atomic mass is 9.76. The minimum atomic E-state index is -0.580. The predicted molar refractivity (Wildman–Crippen MR) is 85.5 cm³/mol. The molecule has 4 heteroatoms. The normalized spacial score (nSPS) is 32.2. The van der Waals surface area contributed by atoms with Crippen molar-refractivity contribution < 1.29 is 9.90 Å². The summed E-state index contributed by atoms with van der Waals surface area (Å²) in [7, 11) is 2.23. The molecular formula is C17H32N2O2. The van der Waals surface area contributed by atoms with Gasteiger partial charge < -0.3 is 14.9 Å². The molecule has 0 bridgehead atoms. The van der Waals surface area contributed by atoms with E-state index in [9.17, 15) is 9.90 Å². The Morgan fingerprint density at radius 1 is 1.29 bits per heavy atom. The van der Waals surface area contributed by atoms with Gasteiger partial charge in [0.05, 0.1) is 5.41 Å². The third kappa shape index (κ3) is 4.19. The summed E-state index contributed by atoms with van der Waals surface area (Å²) < 4.78 is 0. The zero-order valence-electron chi connectivity index (χ0n) is 13.8. The van der Waals surface area contributed by atoms with E-state index in [1.54, 1.807) is 0 Å². The molecule has 2 aliphatic heterocycles.